The fourth-order valence-electron chi connectivity index (χ4n) is 3.49. The number of hydrogen-bond donors (Lipinski definition) is 1. The van der Waals surface area contributed by atoms with Crippen LogP contribution in [-0.2, 0) is 9.53 Å². The molecule has 0 atom stereocenters. The number of carbonyl (C=O) groups is 2. The van der Waals surface area contributed by atoms with Crippen molar-refractivity contribution in [1.29, 1.82) is 0 Å². The highest BCUT2D eigenvalue weighted by Crippen LogP contribution is 2.38. The zero-order valence-electron chi connectivity index (χ0n) is 16.9. The summed E-state index contributed by atoms with van der Waals surface area (Å²) in [4.78, 5) is 26.4. The van der Waals surface area contributed by atoms with E-state index in [1.54, 1.807) is 0 Å². The molecule has 1 aromatic carbocycles. The molecule has 1 N–H and O–H groups in total. The number of rotatable bonds is 9. The van der Waals surface area contributed by atoms with Gasteiger partial charge < -0.3 is 19.5 Å². The first-order valence-corrected chi connectivity index (χ1v) is 9.86. The van der Waals surface area contributed by atoms with Crippen LogP contribution in [0.4, 0.5) is 5.69 Å². The van der Waals surface area contributed by atoms with Crippen LogP contribution < -0.4 is 10.2 Å². The van der Waals surface area contributed by atoms with Gasteiger partial charge in [0.15, 0.2) is 6.61 Å². The lowest BCUT2D eigenvalue weighted by molar-refractivity contribution is -0.124. The summed E-state index contributed by atoms with van der Waals surface area (Å²) >= 11 is 0. The van der Waals surface area contributed by atoms with Crippen molar-refractivity contribution in [3.05, 3.63) is 53.3 Å². The molecule has 0 saturated heterocycles. The van der Waals surface area contributed by atoms with Gasteiger partial charge in [-0.3, -0.25) is 4.79 Å². The van der Waals surface area contributed by atoms with Gasteiger partial charge in [0.1, 0.15) is 0 Å². The predicted molar refractivity (Wildman–Crippen MR) is 110 cm³/mol. The van der Waals surface area contributed by atoms with Crippen LogP contribution >= 0.6 is 0 Å². The fraction of sp³-hybridized carbons (Fsp3) is 0.455. The molecule has 0 radical (unpaired) electrons. The summed E-state index contributed by atoms with van der Waals surface area (Å²) < 4.78 is 7.41. The Hall–Kier alpha value is -2.76. The molecule has 1 aromatic heterocycles. The highest BCUT2D eigenvalue weighted by molar-refractivity contribution is 5.92. The van der Waals surface area contributed by atoms with E-state index in [4.69, 9.17) is 4.74 Å². The lowest BCUT2D eigenvalue weighted by Crippen LogP contribution is -2.31. The summed E-state index contributed by atoms with van der Waals surface area (Å²) in [5, 5.41) is 2.81. The Bertz CT molecular complexity index is 825. The van der Waals surface area contributed by atoms with Gasteiger partial charge in [0.25, 0.3) is 5.91 Å². The molecule has 1 aliphatic rings. The Labute approximate surface area is 166 Å². The second kappa shape index (κ2) is 8.95. The number of aromatic nitrogens is 1. The van der Waals surface area contributed by atoms with E-state index in [0.29, 0.717) is 18.2 Å². The number of hydrogen-bond acceptors (Lipinski definition) is 4. The Balaban J connectivity index is 1.37. The standard InChI is InChI=1S/C22H29N3O3/c1-16-14-20(17(2)25(16)19-10-11-19)22(27)28-15-21(26)23-12-7-13-24(3)18-8-5-4-6-9-18/h4-6,8-9,14,19H,7,10-13,15H2,1-3H3,(H,23,26). The maximum absolute atomic E-state index is 12.3. The van der Waals surface area contributed by atoms with E-state index in [0.717, 1.165) is 42.9 Å². The van der Waals surface area contributed by atoms with Crippen molar-refractivity contribution in [1.82, 2.24) is 9.88 Å². The molecular weight excluding hydrogens is 354 g/mol. The number of nitrogens with zero attached hydrogens (tertiary/aromatic N) is 2. The van der Waals surface area contributed by atoms with E-state index in [9.17, 15) is 9.59 Å². The smallest absolute Gasteiger partial charge is 0.340 e. The number of nitrogens with one attached hydrogen (secondary N) is 1. The van der Waals surface area contributed by atoms with Crippen LogP contribution in [0.2, 0.25) is 0 Å². The molecule has 1 amide bonds. The van der Waals surface area contributed by atoms with Crippen LogP contribution in [0.5, 0.6) is 0 Å². The molecule has 3 rings (SSSR count). The third-order valence-corrected chi connectivity index (χ3v) is 5.14. The number of aryl methyl sites for hydroxylation is 1. The molecular formula is C22H29N3O3. The maximum atomic E-state index is 12.3. The SMILES string of the molecule is Cc1cc(C(=O)OCC(=O)NCCCN(C)c2ccccc2)c(C)n1C1CC1. The first-order chi connectivity index (χ1) is 13.5. The molecule has 28 heavy (non-hydrogen) atoms. The lowest BCUT2D eigenvalue weighted by Gasteiger charge is -2.19. The van der Waals surface area contributed by atoms with Crippen LogP contribution in [-0.4, -0.2) is 43.2 Å². The second-order valence-corrected chi connectivity index (χ2v) is 7.42. The van der Waals surface area contributed by atoms with Gasteiger partial charge in [0.2, 0.25) is 0 Å². The van der Waals surface area contributed by atoms with Crippen molar-refractivity contribution in [2.45, 2.75) is 39.2 Å². The molecule has 2 aromatic rings. The number of anilines is 1. The van der Waals surface area contributed by atoms with Gasteiger partial charge in [0, 0.05) is 43.3 Å². The first kappa shape index (κ1) is 20.0. The van der Waals surface area contributed by atoms with Crippen molar-refractivity contribution in [3.8, 4) is 0 Å². The van der Waals surface area contributed by atoms with Gasteiger partial charge >= 0.3 is 5.97 Å². The quantitative estimate of drug-likeness (QED) is 0.533. The summed E-state index contributed by atoms with van der Waals surface area (Å²) in [5.74, 6) is -0.703. The van der Waals surface area contributed by atoms with Gasteiger partial charge in [-0.2, -0.15) is 0 Å². The van der Waals surface area contributed by atoms with Crippen LogP contribution in [0, 0.1) is 13.8 Å². The third-order valence-electron chi connectivity index (χ3n) is 5.14. The summed E-state index contributed by atoms with van der Waals surface area (Å²) in [7, 11) is 2.02. The molecule has 1 aliphatic carbocycles. The van der Waals surface area contributed by atoms with Gasteiger partial charge in [-0.15, -0.1) is 0 Å². The van der Waals surface area contributed by atoms with Crippen molar-refractivity contribution >= 4 is 17.6 Å². The van der Waals surface area contributed by atoms with Crippen molar-refractivity contribution in [2.75, 3.05) is 31.6 Å². The van der Waals surface area contributed by atoms with Crippen LogP contribution in [0.25, 0.3) is 0 Å². The van der Waals surface area contributed by atoms with Crippen LogP contribution in [0.15, 0.2) is 36.4 Å². The summed E-state index contributed by atoms with van der Waals surface area (Å²) in [6.07, 6.45) is 3.13. The van der Waals surface area contributed by atoms with Crippen molar-refractivity contribution in [3.63, 3.8) is 0 Å². The molecule has 1 fully saturated rings. The molecule has 1 saturated carbocycles. The second-order valence-electron chi connectivity index (χ2n) is 7.42. The maximum Gasteiger partial charge on any atom is 0.340 e. The van der Waals surface area contributed by atoms with Gasteiger partial charge in [0.05, 0.1) is 5.56 Å². The highest BCUT2D eigenvalue weighted by atomic mass is 16.5. The Kier molecular flexibility index (Phi) is 6.39. The van der Waals surface area contributed by atoms with Gasteiger partial charge in [-0.05, 0) is 51.3 Å². The minimum Gasteiger partial charge on any atom is -0.452 e. The number of esters is 1. The molecule has 1 heterocycles. The molecule has 0 bridgehead atoms. The summed E-state index contributed by atoms with van der Waals surface area (Å²) in [6.45, 7) is 5.06. The van der Waals surface area contributed by atoms with E-state index < -0.39 is 5.97 Å². The first-order valence-electron chi connectivity index (χ1n) is 9.86. The van der Waals surface area contributed by atoms with E-state index in [-0.39, 0.29) is 12.5 Å². The lowest BCUT2D eigenvalue weighted by atomic mass is 10.2. The third kappa shape index (κ3) is 4.94. The topological polar surface area (TPSA) is 63.6 Å². The number of benzene rings is 1. The van der Waals surface area contributed by atoms with E-state index in [1.165, 1.54) is 0 Å². The molecule has 0 aliphatic heterocycles. The zero-order valence-corrected chi connectivity index (χ0v) is 16.9. The van der Waals surface area contributed by atoms with E-state index in [1.807, 2.05) is 45.2 Å². The molecule has 6 heteroatoms. The van der Waals surface area contributed by atoms with E-state index in [2.05, 4.69) is 26.9 Å². The van der Waals surface area contributed by atoms with Crippen LogP contribution in [0.1, 0.15) is 47.1 Å². The Morgan fingerprint density at radius 2 is 1.93 bits per heavy atom. The number of carbonyl (C=O) groups excluding carboxylic acids is 2. The Morgan fingerprint density at radius 1 is 1.21 bits per heavy atom. The zero-order chi connectivity index (χ0) is 20.1. The Morgan fingerprint density at radius 3 is 2.61 bits per heavy atom. The van der Waals surface area contributed by atoms with Crippen molar-refractivity contribution in [2.24, 2.45) is 0 Å². The minimum atomic E-state index is -0.432. The average molecular weight is 383 g/mol. The predicted octanol–water partition coefficient (Wildman–Crippen LogP) is 3.24. The summed E-state index contributed by atoms with van der Waals surface area (Å²) in [5.41, 5.74) is 3.70. The molecule has 6 nitrogen and oxygen atoms in total. The van der Waals surface area contributed by atoms with E-state index >= 15 is 0 Å². The highest BCUT2D eigenvalue weighted by Gasteiger charge is 2.28. The van der Waals surface area contributed by atoms with Gasteiger partial charge in [-0.25, -0.2) is 4.79 Å². The summed E-state index contributed by atoms with van der Waals surface area (Å²) in [6, 6.07) is 12.5. The average Bonchev–Trinajstić information content (AvgIpc) is 3.48. The van der Waals surface area contributed by atoms with Crippen molar-refractivity contribution < 1.29 is 14.3 Å². The normalized spacial score (nSPS) is 13.2. The molecule has 0 spiro atoms. The number of ether oxygens (including phenoxy) is 1. The number of amides is 1. The van der Waals surface area contributed by atoms with Crippen LogP contribution in [0.3, 0.4) is 0 Å². The minimum absolute atomic E-state index is 0.250. The number of para-hydroxylation sites is 1. The molecule has 150 valence electrons. The fourth-order valence-corrected chi connectivity index (χ4v) is 3.49. The molecule has 0 unspecified atom stereocenters. The largest absolute Gasteiger partial charge is 0.452 e. The van der Waals surface area contributed by atoms with Gasteiger partial charge in [-0.1, -0.05) is 18.2 Å². The monoisotopic (exact) mass is 383 g/mol.